The van der Waals surface area contributed by atoms with Crippen LogP contribution in [0, 0.1) is 0 Å². The van der Waals surface area contributed by atoms with Crippen LogP contribution in [0.5, 0.6) is 0 Å². The number of aromatic nitrogens is 3. The number of anilines is 1. The van der Waals surface area contributed by atoms with Crippen molar-refractivity contribution in [1.29, 1.82) is 0 Å². The minimum absolute atomic E-state index is 0.0312. The highest BCUT2D eigenvalue weighted by atomic mass is 19.4. The highest BCUT2D eigenvalue weighted by Gasteiger charge is 2.37. The molecule has 1 aromatic heterocycles. The number of halogens is 3. The molecule has 0 bridgehead atoms. The van der Waals surface area contributed by atoms with E-state index in [2.05, 4.69) is 10.1 Å². The van der Waals surface area contributed by atoms with Crippen LogP contribution in [0.3, 0.4) is 0 Å². The molecule has 0 saturated heterocycles. The van der Waals surface area contributed by atoms with Crippen molar-refractivity contribution in [2.75, 3.05) is 32.2 Å². The maximum absolute atomic E-state index is 14.0. The van der Waals surface area contributed by atoms with Gasteiger partial charge >= 0.3 is 6.18 Å². The molecule has 1 fully saturated rings. The second-order valence-electron chi connectivity index (χ2n) is 9.97. The van der Waals surface area contributed by atoms with E-state index in [1.54, 1.807) is 7.05 Å². The number of carbonyl (C=O) groups excluding carboxylic acids is 2. The third-order valence-electron chi connectivity index (χ3n) is 7.29. The van der Waals surface area contributed by atoms with Gasteiger partial charge in [-0.1, -0.05) is 61.4 Å². The van der Waals surface area contributed by atoms with E-state index in [1.807, 2.05) is 30.3 Å². The number of aryl methyl sites for hydroxylation is 1. The van der Waals surface area contributed by atoms with Gasteiger partial charge in [0.2, 0.25) is 12.3 Å². The predicted molar refractivity (Wildman–Crippen MR) is 145 cm³/mol. The Bertz CT molecular complexity index is 1280. The lowest BCUT2D eigenvalue weighted by Gasteiger charge is -2.29. The summed E-state index contributed by atoms with van der Waals surface area (Å²) in [7, 11) is 3.15. The Balaban J connectivity index is 1.77. The summed E-state index contributed by atoms with van der Waals surface area (Å²) >= 11 is 0. The zero-order valence-electron chi connectivity index (χ0n) is 22.7. The number of nitrogens with zero attached hydrogens (tertiary/aromatic N) is 5. The average molecular weight is 558 g/mol. The summed E-state index contributed by atoms with van der Waals surface area (Å²) in [6.45, 7) is 0.611. The van der Waals surface area contributed by atoms with E-state index in [4.69, 9.17) is 4.74 Å². The summed E-state index contributed by atoms with van der Waals surface area (Å²) < 4.78 is 48.5. The smallest absolute Gasteiger partial charge is 0.383 e. The van der Waals surface area contributed by atoms with Crippen LogP contribution in [0.15, 0.2) is 54.6 Å². The van der Waals surface area contributed by atoms with Crippen LogP contribution < -0.4 is 4.90 Å². The summed E-state index contributed by atoms with van der Waals surface area (Å²) in [5, 5.41) is 4.58. The molecule has 40 heavy (non-hydrogen) atoms. The number of rotatable bonds is 12. The van der Waals surface area contributed by atoms with E-state index in [-0.39, 0.29) is 35.7 Å². The van der Waals surface area contributed by atoms with Gasteiger partial charge in [0.25, 0.3) is 5.95 Å². The molecule has 1 heterocycles. The van der Waals surface area contributed by atoms with Crippen LogP contribution in [0.2, 0.25) is 0 Å². The fraction of sp³-hybridized carbons (Fsp3) is 0.448. The minimum Gasteiger partial charge on any atom is -0.383 e. The lowest BCUT2D eigenvalue weighted by Crippen LogP contribution is -2.48. The van der Waals surface area contributed by atoms with Crippen LogP contribution in [-0.2, 0) is 26.9 Å². The summed E-state index contributed by atoms with van der Waals surface area (Å²) in [5.74, 6) is -0.404. The van der Waals surface area contributed by atoms with Crippen molar-refractivity contribution < 1.29 is 27.5 Å². The normalized spacial score (nSPS) is 14.7. The monoisotopic (exact) mass is 557 g/mol. The van der Waals surface area contributed by atoms with Gasteiger partial charge in [-0.15, -0.1) is 5.10 Å². The minimum atomic E-state index is -4.61. The number of benzene rings is 2. The summed E-state index contributed by atoms with van der Waals surface area (Å²) in [6.07, 6.45) is -0.0436. The number of likely N-dealkylation sites (N-methyl/N-ethyl adjacent to an activating group) is 1. The number of ether oxygens (including phenoxy) is 1. The average Bonchev–Trinajstić information content (AvgIpc) is 3.64. The van der Waals surface area contributed by atoms with Crippen molar-refractivity contribution >= 4 is 18.3 Å². The molecule has 1 aliphatic carbocycles. The fourth-order valence-electron chi connectivity index (χ4n) is 5.12. The Morgan fingerprint density at radius 3 is 2.45 bits per heavy atom. The first kappa shape index (κ1) is 29.3. The largest absolute Gasteiger partial charge is 0.417 e. The highest BCUT2D eigenvalue weighted by molar-refractivity contribution is 5.91. The Morgan fingerprint density at radius 1 is 1.12 bits per heavy atom. The maximum Gasteiger partial charge on any atom is 0.417 e. The molecule has 1 aliphatic rings. The molecule has 0 radical (unpaired) electrons. The van der Waals surface area contributed by atoms with Crippen LogP contribution in [0.4, 0.5) is 19.1 Å². The number of hydrogen-bond donors (Lipinski definition) is 0. The van der Waals surface area contributed by atoms with Gasteiger partial charge < -0.3 is 9.64 Å². The summed E-state index contributed by atoms with van der Waals surface area (Å²) in [6, 6.07) is 13.6. The first-order valence-corrected chi connectivity index (χ1v) is 13.4. The SMILES string of the molecule is COCCN(C)C(=O)[C@H](CCc1ccccc1)N(C=O)c1nc(-c2ccccc2C(F)(F)F)n(C2CCCC2)n1. The van der Waals surface area contributed by atoms with Crippen molar-refractivity contribution in [2.45, 2.75) is 56.8 Å². The molecule has 8 nitrogen and oxygen atoms in total. The Hall–Kier alpha value is -3.73. The first-order valence-electron chi connectivity index (χ1n) is 13.4. The molecular weight excluding hydrogens is 523 g/mol. The van der Waals surface area contributed by atoms with Crippen molar-refractivity contribution in [3.05, 3.63) is 65.7 Å². The molecule has 4 rings (SSSR count). The molecule has 214 valence electrons. The molecule has 1 saturated carbocycles. The number of hydrogen-bond acceptors (Lipinski definition) is 5. The zero-order valence-corrected chi connectivity index (χ0v) is 22.7. The van der Waals surface area contributed by atoms with E-state index < -0.39 is 17.8 Å². The zero-order chi connectivity index (χ0) is 28.7. The summed E-state index contributed by atoms with van der Waals surface area (Å²) in [4.78, 5) is 33.3. The molecule has 2 amide bonds. The number of methoxy groups -OCH3 is 1. The van der Waals surface area contributed by atoms with Gasteiger partial charge in [-0.25, -0.2) is 4.68 Å². The fourth-order valence-corrected chi connectivity index (χ4v) is 5.12. The van der Waals surface area contributed by atoms with Gasteiger partial charge in [-0.2, -0.15) is 18.2 Å². The Kier molecular flexibility index (Phi) is 9.57. The quantitative estimate of drug-likeness (QED) is 0.288. The second kappa shape index (κ2) is 13.1. The van der Waals surface area contributed by atoms with Crippen molar-refractivity contribution in [3.63, 3.8) is 0 Å². The third kappa shape index (κ3) is 6.70. The molecule has 0 unspecified atom stereocenters. The molecule has 11 heteroatoms. The van der Waals surface area contributed by atoms with Gasteiger partial charge in [0.05, 0.1) is 18.2 Å². The van der Waals surface area contributed by atoms with Crippen LogP contribution in [0.1, 0.15) is 49.3 Å². The van der Waals surface area contributed by atoms with Gasteiger partial charge in [0.1, 0.15) is 6.04 Å². The van der Waals surface area contributed by atoms with E-state index in [9.17, 15) is 22.8 Å². The van der Waals surface area contributed by atoms with E-state index in [0.29, 0.717) is 26.0 Å². The van der Waals surface area contributed by atoms with Crippen LogP contribution in [0.25, 0.3) is 11.4 Å². The lowest BCUT2D eigenvalue weighted by atomic mass is 10.0. The predicted octanol–water partition coefficient (Wildman–Crippen LogP) is 5.15. The molecule has 0 spiro atoms. The number of alkyl halides is 3. The highest BCUT2D eigenvalue weighted by Crippen LogP contribution is 2.39. The van der Waals surface area contributed by atoms with Crippen molar-refractivity contribution in [3.8, 4) is 11.4 Å². The standard InChI is InChI=1S/C29H34F3N5O3/c1-35(18-19-40-2)27(39)25(17-16-21-10-4-3-5-11-21)36(20-38)28-33-26(37(34-28)22-12-6-7-13-22)23-14-8-9-15-24(23)29(30,31)32/h3-5,8-11,14-15,20,22,25H,6-7,12-13,16-19H2,1-2H3/t25-/m0/s1. The van der Waals surface area contributed by atoms with Gasteiger partial charge in [-0.3, -0.25) is 14.5 Å². The summed E-state index contributed by atoms with van der Waals surface area (Å²) in [5.41, 5.74) is 0.0349. The first-order chi connectivity index (χ1) is 19.2. The Labute approximate surface area is 231 Å². The van der Waals surface area contributed by atoms with Crippen LogP contribution >= 0.6 is 0 Å². The van der Waals surface area contributed by atoms with E-state index in [0.717, 1.165) is 42.2 Å². The maximum atomic E-state index is 14.0. The molecule has 3 aromatic rings. The van der Waals surface area contributed by atoms with Gasteiger partial charge in [0.15, 0.2) is 5.82 Å². The van der Waals surface area contributed by atoms with Gasteiger partial charge in [-0.05, 0) is 37.3 Å². The van der Waals surface area contributed by atoms with Crippen molar-refractivity contribution in [2.24, 2.45) is 0 Å². The number of amides is 2. The second-order valence-corrected chi connectivity index (χ2v) is 9.97. The van der Waals surface area contributed by atoms with E-state index in [1.165, 1.54) is 34.9 Å². The topological polar surface area (TPSA) is 80.6 Å². The molecule has 0 aliphatic heterocycles. The number of carbonyl (C=O) groups is 2. The molecule has 1 atom stereocenters. The Morgan fingerprint density at radius 2 is 1.80 bits per heavy atom. The van der Waals surface area contributed by atoms with E-state index >= 15 is 0 Å². The molecule has 2 aromatic carbocycles. The van der Waals surface area contributed by atoms with Crippen molar-refractivity contribution in [1.82, 2.24) is 19.7 Å². The molecule has 0 N–H and O–H groups in total. The molecular formula is C29H34F3N5O3. The van der Waals surface area contributed by atoms with Crippen LogP contribution in [-0.4, -0.2) is 65.3 Å². The third-order valence-corrected chi connectivity index (χ3v) is 7.29. The lowest BCUT2D eigenvalue weighted by molar-refractivity contribution is -0.137. The van der Waals surface area contributed by atoms with Gasteiger partial charge in [0, 0.05) is 26.3 Å².